The van der Waals surface area contributed by atoms with Gasteiger partial charge >= 0.3 is 5.97 Å². The minimum Gasteiger partial charge on any atom is -0.481 e. The van der Waals surface area contributed by atoms with Gasteiger partial charge in [-0.3, -0.25) is 4.79 Å². The highest BCUT2D eigenvalue weighted by atomic mass is 16.4. The molecule has 0 saturated heterocycles. The predicted octanol–water partition coefficient (Wildman–Crippen LogP) is 1.74. The zero-order chi connectivity index (χ0) is 12.7. The van der Waals surface area contributed by atoms with Gasteiger partial charge in [-0.25, -0.2) is 0 Å². The first-order valence-corrected chi connectivity index (χ1v) is 5.79. The zero-order valence-electron chi connectivity index (χ0n) is 10.0. The lowest BCUT2D eigenvalue weighted by Gasteiger charge is -2.24. The van der Waals surface area contributed by atoms with Crippen LogP contribution in [0.15, 0.2) is 30.3 Å². The summed E-state index contributed by atoms with van der Waals surface area (Å²) in [5.41, 5.74) is 0.995. The third-order valence-corrected chi connectivity index (χ3v) is 2.53. The Morgan fingerprint density at radius 3 is 2.47 bits per heavy atom. The molecule has 1 aromatic rings. The van der Waals surface area contributed by atoms with Crippen LogP contribution in [0.3, 0.4) is 0 Å². The van der Waals surface area contributed by atoms with Gasteiger partial charge in [0.25, 0.3) is 0 Å². The van der Waals surface area contributed by atoms with E-state index < -0.39 is 5.97 Å². The number of carboxylic acid groups (broad SMARTS) is 1. The standard InChI is InChI=1S/C13H19NO3/c1-11(15)7-9-14(10-8-13(16)17)12-5-3-2-4-6-12/h2-6,11,15H,7-10H2,1H3,(H,16,17). The second-order valence-corrected chi connectivity index (χ2v) is 4.10. The number of carboxylic acids is 1. The predicted molar refractivity (Wildman–Crippen MR) is 67.2 cm³/mol. The number of hydrogen-bond acceptors (Lipinski definition) is 3. The zero-order valence-corrected chi connectivity index (χ0v) is 10.0. The number of nitrogens with zero attached hydrogens (tertiary/aromatic N) is 1. The largest absolute Gasteiger partial charge is 0.481 e. The van der Waals surface area contributed by atoms with Gasteiger partial charge in [0, 0.05) is 18.8 Å². The number of hydrogen-bond donors (Lipinski definition) is 2. The van der Waals surface area contributed by atoms with Crippen molar-refractivity contribution in [1.29, 1.82) is 0 Å². The first-order valence-electron chi connectivity index (χ1n) is 5.79. The van der Waals surface area contributed by atoms with Gasteiger partial charge in [0.05, 0.1) is 12.5 Å². The Morgan fingerprint density at radius 2 is 1.94 bits per heavy atom. The maximum atomic E-state index is 10.6. The van der Waals surface area contributed by atoms with Crippen LogP contribution in [0, 0.1) is 0 Å². The number of carbonyl (C=O) groups is 1. The summed E-state index contributed by atoms with van der Waals surface area (Å²) in [6.07, 6.45) is 0.370. The molecular weight excluding hydrogens is 218 g/mol. The molecular formula is C13H19NO3. The Labute approximate surface area is 101 Å². The Morgan fingerprint density at radius 1 is 1.29 bits per heavy atom. The number of anilines is 1. The summed E-state index contributed by atoms with van der Waals surface area (Å²) in [5.74, 6) is -0.803. The molecule has 0 aliphatic rings. The molecule has 0 amide bonds. The minimum absolute atomic E-state index is 0.106. The van der Waals surface area contributed by atoms with E-state index in [0.29, 0.717) is 19.5 Å². The lowest BCUT2D eigenvalue weighted by molar-refractivity contribution is -0.136. The van der Waals surface area contributed by atoms with Crippen molar-refractivity contribution in [1.82, 2.24) is 0 Å². The fourth-order valence-corrected chi connectivity index (χ4v) is 1.58. The first-order chi connectivity index (χ1) is 8.09. The fourth-order valence-electron chi connectivity index (χ4n) is 1.58. The fraction of sp³-hybridized carbons (Fsp3) is 0.462. The monoisotopic (exact) mass is 237 g/mol. The lowest BCUT2D eigenvalue weighted by Crippen LogP contribution is -2.29. The second-order valence-electron chi connectivity index (χ2n) is 4.10. The average Bonchev–Trinajstić information content (AvgIpc) is 2.29. The molecule has 1 unspecified atom stereocenters. The van der Waals surface area contributed by atoms with Crippen LogP contribution >= 0.6 is 0 Å². The van der Waals surface area contributed by atoms with E-state index in [1.54, 1.807) is 6.92 Å². The molecule has 1 rings (SSSR count). The van der Waals surface area contributed by atoms with E-state index in [2.05, 4.69) is 0 Å². The molecule has 1 aromatic carbocycles. The maximum absolute atomic E-state index is 10.6. The quantitative estimate of drug-likeness (QED) is 0.758. The van der Waals surface area contributed by atoms with Crippen LogP contribution in [0.2, 0.25) is 0 Å². The Kier molecular flexibility index (Phi) is 5.49. The lowest BCUT2D eigenvalue weighted by atomic mass is 10.2. The topological polar surface area (TPSA) is 60.8 Å². The van der Waals surface area contributed by atoms with Crippen LogP contribution in [0.1, 0.15) is 19.8 Å². The van der Waals surface area contributed by atoms with Crippen molar-refractivity contribution in [2.24, 2.45) is 0 Å². The molecule has 0 fully saturated rings. The molecule has 0 aromatic heterocycles. The maximum Gasteiger partial charge on any atom is 0.305 e. The Hall–Kier alpha value is -1.55. The van der Waals surface area contributed by atoms with Crippen molar-refractivity contribution >= 4 is 11.7 Å². The summed E-state index contributed by atoms with van der Waals surface area (Å²) in [7, 11) is 0. The highest BCUT2D eigenvalue weighted by Gasteiger charge is 2.09. The van der Waals surface area contributed by atoms with Crippen LogP contribution in [0.4, 0.5) is 5.69 Å². The normalized spacial score (nSPS) is 12.1. The number of rotatable bonds is 7. The average molecular weight is 237 g/mol. The van der Waals surface area contributed by atoms with Crippen LogP contribution < -0.4 is 4.90 Å². The second kappa shape index (κ2) is 6.91. The van der Waals surface area contributed by atoms with E-state index in [0.717, 1.165) is 5.69 Å². The summed E-state index contributed by atoms with van der Waals surface area (Å²) in [6, 6.07) is 9.66. The van der Waals surface area contributed by atoms with E-state index in [1.165, 1.54) is 0 Å². The van der Waals surface area contributed by atoms with Crippen molar-refractivity contribution < 1.29 is 15.0 Å². The van der Waals surface area contributed by atoms with E-state index >= 15 is 0 Å². The van der Waals surface area contributed by atoms with Crippen LogP contribution in [0.5, 0.6) is 0 Å². The highest BCUT2D eigenvalue weighted by Crippen LogP contribution is 2.14. The molecule has 2 N–H and O–H groups in total. The van der Waals surface area contributed by atoms with Gasteiger partial charge in [0.15, 0.2) is 0 Å². The third-order valence-electron chi connectivity index (χ3n) is 2.53. The number of aliphatic carboxylic acids is 1. The van der Waals surface area contributed by atoms with Crippen molar-refractivity contribution in [2.75, 3.05) is 18.0 Å². The number of aliphatic hydroxyl groups is 1. The molecule has 1 atom stereocenters. The molecule has 0 heterocycles. The molecule has 4 nitrogen and oxygen atoms in total. The van der Waals surface area contributed by atoms with Crippen molar-refractivity contribution in [3.8, 4) is 0 Å². The van der Waals surface area contributed by atoms with Gasteiger partial charge in [-0.15, -0.1) is 0 Å². The van der Waals surface area contributed by atoms with Gasteiger partial charge in [0.1, 0.15) is 0 Å². The molecule has 94 valence electrons. The molecule has 0 radical (unpaired) electrons. The van der Waals surface area contributed by atoms with Crippen LogP contribution in [0.25, 0.3) is 0 Å². The summed E-state index contributed by atoms with van der Waals surface area (Å²) < 4.78 is 0. The summed E-state index contributed by atoms with van der Waals surface area (Å²) in [6.45, 7) is 2.86. The third kappa shape index (κ3) is 5.36. The molecule has 17 heavy (non-hydrogen) atoms. The summed E-state index contributed by atoms with van der Waals surface area (Å²) >= 11 is 0. The summed E-state index contributed by atoms with van der Waals surface area (Å²) in [4.78, 5) is 12.6. The smallest absolute Gasteiger partial charge is 0.305 e. The van der Waals surface area contributed by atoms with Gasteiger partial charge in [-0.05, 0) is 25.5 Å². The molecule has 0 spiro atoms. The van der Waals surface area contributed by atoms with Crippen molar-refractivity contribution in [3.05, 3.63) is 30.3 Å². The van der Waals surface area contributed by atoms with E-state index in [4.69, 9.17) is 5.11 Å². The van der Waals surface area contributed by atoms with Crippen molar-refractivity contribution in [3.63, 3.8) is 0 Å². The Balaban J connectivity index is 2.61. The van der Waals surface area contributed by atoms with Gasteiger partial charge in [0.2, 0.25) is 0 Å². The van der Waals surface area contributed by atoms with Crippen molar-refractivity contribution in [2.45, 2.75) is 25.9 Å². The first kappa shape index (κ1) is 13.5. The summed E-state index contributed by atoms with van der Waals surface area (Å²) in [5, 5.41) is 18.0. The number of aliphatic hydroxyl groups excluding tert-OH is 1. The molecule has 0 aliphatic carbocycles. The van der Waals surface area contributed by atoms with Gasteiger partial charge < -0.3 is 15.1 Å². The number of para-hydroxylation sites is 1. The van der Waals surface area contributed by atoms with E-state index in [1.807, 2.05) is 35.2 Å². The van der Waals surface area contributed by atoms with Gasteiger partial charge in [-0.2, -0.15) is 0 Å². The highest BCUT2D eigenvalue weighted by molar-refractivity contribution is 5.67. The molecule has 4 heteroatoms. The minimum atomic E-state index is -0.803. The molecule has 0 saturated carbocycles. The Bertz CT molecular complexity index is 338. The molecule has 0 bridgehead atoms. The van der Waals surface area contributed by atoms with E-state index in [-0.39, 0.29) is 12.5 Å². The van der Waals surface area contributed by atoms with Crippen LogP contribution in [-0.2, 0) is 4.79 Å². The number of benzene rings is 1. The SMILES string of the molecule is CC(O)CCN(CCC(=O)O)c1ccccc1. The van der Waals surface area contributed by atoms with Crippen LogP contribution in [-0.4, -0.2) is 35.4 Å². The molecule has 0 aliphatic heterocycles. The van der Waals surface area contributed by atoms with E-state index in [9.17, 15) is 9.90 Å². The van der Waals surface area contributed by atoms with Gasteiger partial charge in [-0.1, -0.05) is 18.2 Å².